The van der Waals surface area contributed by atoms with Crippen LogP contribution in [0, 0.1) is 12.8 Å². The van der Waals surface area contributed by atoms with Gasteiger partial charge in [-0.3, -0.25) is 0 Å². The molecule has 1 aliphatic rings. The molecule has 3 nitrogen and oxygen atoms in total. The SMILES string of the molecule is Cc1ccc(OCC(O)CNC2CCCCC2C)c(Br)c1. The third-order valence-corrected chi connectivity index (χ3v) is 4.87. The van der Waals surface area contributed by atoms with Gasteiger partial charge in [0, 0.05) is 12.6 Å². The molecule has 0 heterocycles. The van der Waals surface area contributed by atoms with Crippen LogP contribution in [0.15, 0.2) is 22.7 Å². The minimum Gasteiger partial charge on any atom is -0.490 e. The highest BCUT2D eigenvalue weighted by Crippen LogP contribution is 2.26. The lowest BCUT2D eigenvalue weighted by atomic mass is 9.86. The maximum absolute atomic E-state index is 10.1. The largest absolute Gasteiger partial charge is 0.490 e. The van der Waals surface area contributed by atoms with Crippen LogP contribution in [0.3, 0.4) is 0 Å². The number of halogens is 1. The van der Waals surface area contributed by atoms with Crippen molar-refractivity contribution in [2.24, 2.45) is 5.92 Å². The maximum atomic E-state index is 10.1. The summed E-state index contributed by atoms with van der Waals surface area (Å²) in [5, 5.41) is 13.6. The lowest BCUT2D eigenvalue weighted by Gasteiger charge is -2.30. The van der Waals surface area contributed by atoms with Crippen molar-refractivity contribution in [3.8, 4) is 5.75 Å². The second-order valence-electron chi connectivity index (χ2n) is 6.18. The molecule has 0 aliphatic heterocycles. The first-order chi connectivity index (χ1) is 10.1. The molecule has 0 radical (unpaired) electrons. The standard InChI is InChI=1S/C17H26BrNO2/c1-12-7-8-17(15(18)9-12)21-11-14(20)10-19-16-6-4-3-5-13(16)2/h7-9,13-14,16,19-20H,3-6,10-11H2,1-2H3. The summed E-state index contributed by atoms with van der Waals surface area (Å²) >= 11 is 3.48. The number of aliphatic hydroxyl groups is 1. The number of aryl methyl sites for hydroxylation is 1. The summed E-state index contributed by atoms with van der Waals surface area (Å²) in [6, 6.07) is 6.50. The number of hydrogen-bond acceptors (Lipinski definition) is 3. The van der Waals surface area contributed by atoms with E-state index in [0.29, 0.717) is 25.1 Å². The molecule has 1 saturated carbocycles. The summed E-state index contributed by atoms with van der Waals surface area (Å²) in [6.07, 6.45) is 4.67. The summed E-state index contributed by atoms with van der Waals surface area (Å²) < 4.78 is 6.62. The van der Waals surface area contributed by atoms with Crippen LogP contribution < -0.4 is 10.1 Å². The zero-order chi connectivity index (χ0) is 15.2. The van der Waals surface area contributed by atoms with Crippen molar-refractivity contribution in [3.05, 3.63) is 28.2 Å². The highest BCUT2D eigenvalue weighted by molar-refractivity contribution is 9.10. The topological polar surface area (TPSA) is 41.5 Å². The Kier molecular flexibility index (Phi) is 6.52. The highest BCUT2D eigenvalue weighted by atomic mass is 79.9. The highest BCUT2D eigenvalue weighted by Gasteiger charge is 2.21. The third kappa shape index (κ3) is 5.28. The molecular weight excluding hydrogens is 330 g/mol. The smallest absolute Gasteiger partial charge is 0.133 e. The van der Waals surface area contributed by atoms with E-state index in [1.54, 1.807) is 0 Å². The summed E-state index contributed by atoms with van der Waals surface area (Å²) in [5.74, 6) is 1.49. The van der Waals surface area contributed by atoms with Gasteiger partial charge in [-0.1, -0.05) is 25.8 Å². The minimum absolute atomic E-state index is 0.315. The first kappa shape index (κ1) is 16.8. The molecule has 118 valence electrons. The molecular formula is C17H26BrNO2. The molecule has 3 atom stereocenters. The Morgan fingerprint density at radius 2 is 2.14 bits per heavy atom. The van der Waals surface area contributed by atoms with Crippen molar-refractivity contribution in [3.63, 3.8) is 0 Å². The Hall–Kier alpha value is -0.580. The molecule has 1 aromatic rings. The van der Waals surface area contributed by atoms with Gasteiger partial charge in [0.2, 0.25) is 0 Å². The molecule has 21 heavy (non-hydrogen) atoms. The number of hydrogen-bond donors (Lipinski definition) is 2. The van der Waals surface area contributed by atoms with E-state index >= 15 is 0 Å². The number of rotatable bonds is 6. The first-order valence-corrected chi connectivity index (χ1v) is 8.66. The van der Waals surface area contributed by atoms with Crippen molar-refractivity contribution in [2.45, 2.75) is 51.7 Å². The normalized spacial score (nSPS) is 23.8. The van der Waals surface area contributed by atoms with Crippen molar-refractivity contribution >= 4 is 15.9 Å². The fourth-order valence-electron chi connectivity index (χ4n) is 2.87. The molecule has 4 heteroatoms. The van der Waals surface area contributed by atoms with Crippen LogP contribution in [-0.4, -0.2) is 30.4 Å². The van der Waals surface area contributed by atoms with Gasteiger partial charge in [0.25, 0.3) is 0 Å². The molecule has 0 saturated heterocycles. The van der Waals surface area contributed by atoms with Crippen molar-refractivity contribution < 1.29 is 9.84 Å². The van der Waals surface area contributed by atoms with Crippen molar-refractivity contribution in [1.29, 1.82) is 0 Å². The van der Waals surface area contributed by atoms with E-state index < -0.39 is 6.10 Å². The van der Waals surface area contributed by atoms with Crippen molar-refractivity contribution in [2.75, 3.05) is 13.2 Å². The van der Waals surface area contributed by atoms with Gasteiger partial charge in [-0.25, -0.2) is 0 Å². The van der Waals surface area contributed by atoms with Crippen LogP contribution in [-0.2, 0) is 0 Å². The summed E-state index contributed by atoms with van der Waals surface area (Å²) in [6.45, 7) is 5.25. The monoisotopic (exact) mass is 355 g/mol. The predicted octanol–water partition coefficient (Wildman–Crippen LogP) is 3.67. The van der Waals surface area contributed by atoms with E-state index in [1.807, 2.05) is 25.1 Å². The van der Waals surface area contributed by atoms with E-state index in [9.17, 15) is 5.11 Å². The number of nitrogens with one attached hydrogen (secondary N) is 1. The minimum atomic E-state index is -0.479. The molecule has 3 unspecified atom stereocenters. The molecule has 1 fully saturated rings. The van der Waals surface area contributed by atoms with E-state index in [-0.39, 0.29) is 0 Å². The molecule has 1 aromatic carbocycles. The van der Waals surface area contributed by atoms with Gasteiger partial charge in [-0.2, -0.15) is 0 Å². The molecule has 1 aliphatic carbocycles. The van der Waals surface area contributed by atoms with Gasteiger partial charge >= 0.3 is 0 Å². The molecule has 0 spiro atoms. The molecule has 0 bridgehead atoms. The van der Waals surface area contributed by atoms with Crippen molar-refractivity contribution in [1.82, 2.24) is 5.32 Å². The van der Waals surface area contributed by atoms with E-state index in [0.717, 1.165) is 10.2 Å². The third-order valence-electron chi connectivity index (χ3n) is 4.25. The van der Waals surface area contributed by atoms with Gasteiger partial charge in [0.1, 0.15) is 18.5 Å². The number of ether oxygens (including phenoxy) is 1. The van der Waals surface area contributed by atoms with Crippen LogP contribution in [0.5, 0.6) is 5.75 Å². The lowest BCUT2D eigenvalue weighted by molar-refractivity contribution is 0.0981. The second kappa shape index (κ2) is 8.16. The van der Waals surface area contributed by atoms with Gasteiger partial charge < -0.3 is 15.2 Å². The second-order valence-corrected chi connectivity index (χ2v) is 7.03. The zero-order valence-corrected chi connectivity index (χ0v) is 14.5. The molecule has 2 rings (SSSR count). The van der Waals surface area contributed by atoms with Gasteiger partial charge in [-0.15, -0.1) is 0 Å². The first-order valence-electron chi connectivity index (χ1n) is 7.86. The predicted molar refractivity (Wildman–Crippen MR) is 89.8 cm³/mol. The fraction of sp³-hybridized carbons (Fsp3) is 0.647. The Labute approximate surface area is 136 Å². The Balaban J connectivity index is 1.73. The average molecular weight is 356 g/mol. The van der Waals surface area contributed by atoms with Crippen LogP contribution in [0.1, 0.15) is 38.2 Å². The Morgan fingerprint density at radius 3 is 2.86 bits per heavy atom. The van der Waals surface area contributed by atoms with Gasteiger partial charge in [-0.05, 0) is 59.3 Å². The van der Waals surface area contributed by atoms with Crippen LogP contribution in [0.2, 0.25) is 0 Å². The Morgan fingerprint density at radius 1 is 1.38 bits per heavy atom. The summed E-state index contributed by atoms with van der Waals surface area (Å²) in [5.41, 5.74) is 1.18. The van der Waals surface area contributed by atoms with E-state index in [4.69, 9.17) is 4.74 Å². The lowest BCUT2D eigenvalue weighted by Crippen LogP contribution is -2.42. The van der Waals surface area contributed by atoms with Crippen LogP contribution in [0.4, 0.5) is 0 Å². The summed E-state index contributed by atoms with van der Waals surface area (Å²) in [7, 11) is 0. The van der Waals surface area contributed by atoms with E-state index in [1.165, 1.54) is 31.2 Å². The van der Waals surface area contributed by atoms with Crippen LogP contribution in [0.25, 0.3) is 0 Å². The van der Waals surface area contributed by atoms with E-state index in [2.05, 4.69) is 28.2 Å². The molecule has 0 aromatic heterocycles. The quantitative estimate of drug-likeness (QED) is 0.817. The summed E-state index contributed by atoms with van der Waals surface area (Å²) in [4.78, 5) is 0. The Bertz CT molecular complexity index is 452. The van der Waals surface area contributed by atoms with Gasteiger partial charge in [0.05, 0.1) is 4.47 Å². The average Bonchev–Trinajstić information content (AvgIpc) is 2.45. The van der Waals surface area contributed by atoms with Gasteiger partial charge in [0.15, 0.2) is 0 Å². The maximum Gasteiger partial charge on any atom is 0.133 e. The number of benzene rings is 1. The number of aliphatic hydroxyl groups excluding tert-OH is 1. The molecule has 0 amide bonds. The van der Waals surface area contributed by atoms with Crippen LogP contribution >= 0.6 is 15.9 Å². The fourth-order valence-corrected chi connectivity index (χ4v) is 3.48. The molecule has 2 N–H and O–H groups in total. The zero-order valence-electron chi connectivity index (χ0n) is 12.9.